The fourth-order valence-electron chi connectivity index (χ4n) is 2.53. The minimum atomic E-state index is -0.145. The standard InChI is InChI=1S/C15H20N6O2/c1-9-12(10(2)21-15(19-9)17-8-18-21)5-6-13(22)16-7-14(23)20-11-3-4-11/h8,11H,3-7H2,1-2H3,(H,16,22)(H,20,23). The second-order valence-corrected chi connectivity index (χ2v) is 5.85. The minimum absolute atomic E-state index is 0.0354. The van der Waals surface area contributed by atoms with E-state index in [1.165, 1.54) is 6.33 Å². The van der Waals surface area contributed by atoms with Crippen molar-refractivity contribution in [1.29, 1.82) is 0 Å². The maximum Gasteiger partial charge on any atom is 0.252 e. The molecule has 2 amide bonds. The molecular weight excluding hydrogens is 296 g/mol. The van der Waals surface area contributed by atoms with E-state index in [2.05, 4.69) is 25.7 Å². The van der Waals surface area contributed by atoms with Gasteiger partial charge in [0.25, 0.3) is 5.78 Å². The monoisotopic (exact) mass is 316 g/mol. The van der Waals surface area contributed by atoms with Gasteiger partial charge in [0.05, 0.1) is 6.54 Å². The summed E-state index contributed by atoms with van der Waals surface area (Å²) >= 11 is 0. The first-order chi connectivity index (χ1) is 11.0. The molecule has 23 heavy (non-hydrogen) atoms. The van der Waals surface area contributed by atoms with E-state index in [4.69, 9.17) is 0 Å². The highest BCUT2D eigenvalue weighted by Crippen LogP contribution is 2.18. The molecule has 1 fully saturated rings. The van der Waals surface area contributed by atoms with Crippen LogP contribution >= 0.6 is 0 Å². The Balaban J connectivity index is 1.55. The van der Waals surface area contributed by atoms with E-state index < -0.39 is 0 Å². The quantitative estimate of drug-likeness (QED) is 0.785. The van der Waals surface area contributed by atoms with Crippen LogP contribution in [0.4, 0.5) is 0 Å². The van der Waals surface area contributed by atoms with Crippen LogP contribution in [0, 0.1) is 13.8 Å². The number of aromatic nitrogens is 4. The van der Waals surface area contributed by atoms with E-state index >= 15 is 0 Å². The molecule has 1 aliphatic rings. The van der Waals surface area contributed by atoms with E-state index in [0.29, 0.717) is 24.7 Å². The predicted molar refractivity (Wildman–Crippen MR) is 82.8 cm³/mol. The Morgan fingerprint density at radius 3 is 2.83 bits per heavy atom. The van der Waals surface area contributed by atoms with Gasteiger partial charge in [-0.1, -0.05) is 0 Å². The molecule has 2 N–H and O–H groups in total. The van der Waals surface area contributed by atoms with Crippen LogP contribution in [0.15, 0.2) is 6.33 Å². The van der Waals surface area contributed by atoms with Crippen LogP contribution in [0.5, 0.6) is 0 Å². The molecule has 2 aromatic heterocycles. The topological polar surface area (TPSA) is 101 Å². The van der Waals surface area contributed by atoms with Gasteiger partial charge in [-0.15, -0.1) is 0 Å². The Hall–Kier alpha value is -2.51. The van der Waals surface area contributed by atoms with Crippen molar-refractivity contribution in [3.8, 4) is 0 Å². The van der Waals surface area contributed by atoms with Crippen molar-refractivity contribution in [1.82, 2.24) is 30.2 Å². The van der Waals surface area contributed by atoms with Gasteiger partial charge in [0, 0.05) is 23.9 Å². The van der Waals surface area contributed by atoms with Crippen LogP contribution in [-0.4, -0.2) is 44.0 Å². The van der Waals surface area contributed by atoms with E-state index in [1.807, 2.05) is 13.8 Å². The van der Waals surface area contributed by atoms with E-state index in [-0.39, 0.29) is 18.4 Å². The normalized spacial score (nSPS) is 14.0. The van der Waals surface area contributed by atoms with Gasteiger partial charge in [0.15, 0.2) is 0 Å². The van der Waals surface area contributed by atoms with Crippen molar-refractivity contribution >= 4 is 17.6 Å². The van der Waals surface area contributed by atoms with Gasteiger partial charge in [-0.05, 0) is 38.7 Å². The third kappa shape index (κ3) is 3.64. The van der Waals surface area contributed by atoms with E-state index in [9.17, 15) is 9.59 Å². The number of fused-ring (bicyclic) bond motifs is 1. The molecular formula is C15H20N6O2. The van der Waals surface area contributed by atoms with E-state index in [0.717, 1.165) is 29.8 Å². The number of hydrogen-bond acceptors (Lipinski definition) is 5. The molecule has 1 saturated carbocycles. The molecule has 0 atom stereocenters. The molecule has 0 aliphatic heterocycles. The number of nitrogens with one attached hydrogen (secondary N) is 2. The minimum Gasteiger partial charge on any atom is -0.352 e. The highest BCUT2D eigenvalue weighted by Gasteiger charge is 2.23. The first kappa shape index (κ1) is 15.4. The van der Waals surface area contributed by atoms with Crippen molar-refractivity contribution < 1.29 is 9.59 Å². The lowest BCUT2D eigenvalue weighted by atomic mass is 10.1. The molecule has 0 spiro atoms. The maximum absolute atomic E-state index is 11.9. The molecule has 2 aromatic rings. The zero-order valence-corrected chi connectivity index (χ0v) is 13.3. The van der Waals surface area contributed by atoms with Crippen molar-refractivity contribution in [3.05, 3.63) is 23.3 Å². The molecule has 8 nitrogen and oxygen atoms in total. The number of carbonyl (C=O) groups is 2. The van der Waals surface area contributed by atoms with Crippen molar-refractivity contribution in [3.63, 3.8) is 0 Å². The van der Waals surface area contributed by atoms with Gasteiger partial charge >= 0.3 is 0 Å². The molecule has 0 bridgehead atoms. The number of rotatable bonds is 6. The van der Waals surface area contributed by atoms with Gasteiger partial charge in [-0.2, -0.15) is 10.1 Å². The lowest BCUT2D eigenvalue weighted by molar-refractivity contribution is -0.126. The Morgan fingerprint density at radius 1 is 1.30 bits per heavy atom. The summed E-state index contributed by atoms with van der Waals surface area (Å²) in [5.41, 5.74) is 2.77. The fourth-order valence-corrected chi connectivity index (χ4v) is 2.53. The van der Waals surface area contributed by atoms with Crippen molar-refractivity contribution in [2.75, 3.05) is 6.54 Å². The first-order valence-corrected chi connectivity index (χ1v) is 7.76. The second-order valence-electron chi connectivity index (χ2n) is 5.85. The smallest absolute Gasteiger partial charge is 0.252 e. The predicted octanol–water partition coefficient (Wildman–Crippen LogP) is 0.0685. The molecule has 2 heterocycles. The van der Waals surface area contributed by atoms with Gasteiger partial charge < -0.3 is 10.6 Å². The van der Waals surface area contributed by atoms with Gasteiger partial charge in [0.1, 0.15) is 6.33 Å². The summed E-state index contributed by atoms with van der Waals surface area (Å²) in [5, 5.41) is 9.62. The largest absolute Gasteiger partial charge is 0.352 e. The first-order valence-electron chi connectivity index (χ1n) is 7.76. The summed E-state index contributed by atoms with van der Waals surface area (Å²) in [6.07, 6.45) is 4.40. The molecule has 0 unspecified atom stereocenters. The lowest BCUT2D eigenvalue weighted by Gasteiger charge is -2.10. The van der Waals surface area contributed by atoms with Crippen LogP contribution in [-0.2, 0) is 16.0 Å². The maximum atomic E-state index is 11.9. The Labute approximate surface area is 133 Å². The average molecular weight is 316 g/mol. The van der Waals surface area contributed by atoms with Crippen LogP contribution < -0.4 is 10.6 Å². The summed E-state index contributed by atoms with van der Waals surface area (Å²) in [5.74, 6) is 0.289. The van der Waals surface area contributed by atoms with Crippen molar-refractivity contribution in [2.45, 2.75) is 45.6 Å². The van der Waals surface area contributed by atoms with Gasteiger partial charge in [0.2, 0.25) is 11.8 Å². The van der Waals surface area contributed by atoms with Crippen LogP contribution in [0.2, 0.25) is 0 Å². The Bertz CT molecular complexity index is 750. The van der Waals surface area contributed by atoms with Crippen LogP contribution in [0.1, 0.15) is 36.2 Å². The van der Waals surface area contributed by atoms with Crippen LogP contribution in [0.3, 0.4) is 0 Å². The summed E-state index contributed by atoms with van der Waals surface area (Å²) in [4.78, 5) is 31.9. The molecule has 0 radical (unpaired) electrons. The molecule has 1 aliphatic carbocycles. The molecule has 0 aromatic carbocycles. The summed E-state index contributed by atoms with van der Waals surface area (Å²) in [6, 6.07) is 0.310. The highest BCUT2D eigenvalue weighted by molar-refractivity contribution is 5.85. The second kappa shape index (κ2) is 6.31. The molecule has 0 saturated heterocycles. The fraction of sp³-hybridized carbons (Fsp3) is 0.533. The van der Waals surface area contributed by atoms with Crippen LogP contribution in [0.25, 0.3) is 5.78 Å². The zero-order valence-electron chi connectivity index (χ0n) is 13.3. The SMILES string of the molecule is Cc1nc2ncnn2c(C)c1CCC(=O)NCC(=O)NC1CC1. The number of nitrogens with zero attached hydrogens (tertiary/aromatic N) is 4. The third-order valence-electron chi connectivity index (χ3n) is 3.98. The summed E-state index contributed by atoms with van der Waals surface area (Å²) in [6.45, 7) is 3.87. The zero-order chi connectivity index (χ0) is 16.4. The number of hydrogen-bond donors (Lipinski definition) is 2. The van der Waals surface area contributed by atoms with E-state index in [1.54, 1.807) is 4.52 Å². The van der Waals surface area contributed by atoms with Gasteiger partial charge in [-0.3, -0.25) is 9.59 Å². The number of amides is 2. The summed E-state index contributed by atoms with van der Waals surface area (Å²) < 4.78 is 1.67. The lowest BCUT2D eigenvalue weighted by Crippen LogP contribution is -2.37. The molecule has 122 valence electrons. The highest BCUT2D eigenvalue weighted by atomic mass is 16.2. The molecule has 3 rings (SSSR count). The number of carbonyl (C=O) groups excluding carboxylic acids is 2. The van der Waals surface area contributed by atoms with Gasteiger partial charge in [-0.25, -0.2) is 9.50 Å². The molecule has 8 heteroatoms. The Morgan fingerprint density at radius 2 is 2.09 bits per heavy atom. The summed E-state index contributed by atoms with van der Waals surface area (Å²) in [7, 11) is 0. The third-order valence-corrected chi connectivity index (χ3v) is 3.98. The number of aryl methyl sites for hydroxylation is 2. The van der Waals surface area contributed by atoms with Crippen molar-refractivity contribution in [2.24, 2.45) is 0 Å². The average Bonchev–Trinajstić information content (AvgIpc) is 3.19. The Kier molecular flexibility index (Phi) is 4.22.